The molecule has 1 aromatic carbocycles. The number of imidazole rings is 1. The van der Waals surface area contributed by atoms with E-state index < -0.39 is 6.10 Å². The minimum Gasteiger partial charge on any atom is -0.393 e. The van der Waals surface area contributed by atoms with Crippen LogP contribution in [0.3, 0.4) is 0 Å². The molecule has 5 heteroatoms. The fourth-order valence-electron chi connectivity index (χ4n) is 3.38. The van der Waals surface area contributed by atoms with Gasteiger partial charge in [0, 0.05) is 18.1 Å². The van der Waals surface area contributed by atoms with Crippen LogP contribution in [0.5, 0.6) is 0 Å². The Balaban J connectivity index is 1.85. The molecule has 3 heterocycles. The second-order valence-corrected chi connectivity index (χ2v) is 5.46. The fourth-order valence-corrected chi connectivity index (χ4v) is 3.38. The molecule has 2 aromatic rings. The minimum absolute atomic E-state index is 0.0697. The molecule has 0 radical (unpaired) electrons. The van der Waals surface area contributed by atoms with Gasteiger partial charge in [0.2, 0.25) is 0 Å². The number of rotatable bonds is 1. The van der Waals surface area contributed by atoms with Crippen molar-refractivity contribution in [3.05, 3.63) is 42.1 Å². The molecule has 1 aromatic heterocycles. The first-order valence-electron chi connectivity index (χ1n) is 6.83. The summed E-state index contributed by atoms with van der Waals surface area (Å²) in [6.45, 7) is 1.07. The van der Waals surface area contributed by atoms with Gasteiger partial charge in [-0.15, -0.1) is 0 Å². The molecule has 0 amide bonds. The van der Waals surface area contributed by atoms with Gasteiger partial charge in [0.05, 0.1) is 37.0 Å². The van der Waals surface area contributed by atoms with Gasteiger partial charge in [-0.25, -0.2) is 9.37 Å². The maximum absolute atomic E-state index is 13.6. The van der Waals surface area contributed by atoms with E-state index in [9.17, 15) is 9.50 Å². The van der Waals surface area contributed by atoms with Crippen LogP contribution in [0.4, 0.5) is 4.39 Å². The molecule has 1 fully saturated rings. The van der Waals surface area contributed by atoms with Crippen LogP contribution < -0.4 is 0 Å². The molecule has 2 aliphatic heterocycles. The van der Waals surface area contributed by atoms with Crippen LogP contribution in [0.15, 0.2) is 30.7 Å². The largest absolute Gasteiger partial charge is 0.393 e. The van der Waals surface area contributed by atoms with Gasteiger partial charge in [-0.1, -0.05) is 0 Å². The van der Waals surface area contributed by atoms with E-state index in [0.29, 0.717) is 19.6 Å². The Labute approximate surface area is 115 Å². The van der Waals surface area contributed by atoms with Gasteiger partial charge in [0.15, 0.2) is 0 Å². The summed E-state index contributed by atoms with van der Waals surface area (Å²) in [5.74, 6) is -0.321. The third-order valence-electron chi connectivity index (χ3n) is 4.34. The van der Waals surface area contributed by atoms with Gasteiger partial charge < -0.3 is 14.4 Å². The number of aliphatic hydroxyl groups is 1. The molecule has 2 aliphatic rings. The van der Waals surface area contributed by atoms with Crippen molar-refractivity contribution >= 4 is 0 Å². The maximum atomic E-state index is 13.6. The topological polar surface area (TPSA) is 47.3 Å². The molecule has 3 atom stereocenters. The third kappa shape index (κ3) is 1.63. The van der Waals surface area contributed by atoms with Gasteiger partial charge >= 0.3 is 0 Å². The van der Waals surface area contributed by atoms with Crippen molar-refractivity contribution in [2.75, 3.05) is 13.2 Å². The number of aromatic nitrogens is 2. The zero-order chi connectivity index (χ0) is 13.7. The molecule has 4 nitrogen and oxygen atoms in total. The normalized spacial score (nSPS) is 28.2. The molecule has 0 aliphatic carbocycles. The van der Waals surface area contributed by atoms with E-state index in [1.807, 2.05) is 4.57 Å². The summed E-state index contributed by atoms with van der Waals surface area (Å²) < 4.78 is 21.1. The van der Waals surface area contributed by atoms with Crippen LogP contribution in [-0.4, -0.2) is 34.0 Å². The number of ether oxygens (including phenoxy) is 1. The van der Waals surface area contributed by atoms with Crippen LogP contribution in [0.1, 0.15) is 18.0 Å². The molecule has 1 saturated heterocycles. The highest BCUT2D eigenvalue weighted by Gasteiger charge is 2.39. The lowest BCUT2D eigenvalue weighted by atomic mass is 9.86. The summed E-state index contributed by atoms with van der Waals surface area (Å²) in [7, 11) is 0. The molecule has 104 valence electrons. The Hall–Kier alpha value is -1.72. The number of benzene rings is 1. The summed E-state index contributed by atoms with van der Waals surface area (Å²) in [6.07, 6.45) is 3.72. The number of nitrogens with zero attached hydrogens (tertiary/aromatic N) is 2. The maximum Gasteiger partial charge on any atom is 0.123 e. The molecular formula is C15H15FN2O2. The van der Waals surface area contributed by atoms with E-state index >= 15 is 0 Å². The summed E-state index contributed by atoms with van der Waals surface area (Å²) in [5.41, 5.74) is 2.88. The number of hydrogen-bond donors (Lipinski definition) is 1. The first-order chi connectivity index (χ1) is 9.75. The molecule has 2 unspecified atom stereocenters. The van der Waals surface area contributed by atoms with Crippen molar-refractivity contribution in [2.45, 2.75) is 18.6 Å². The summed E-state index contributed by atoms with van der Waals surface area (Å²) in [5, 5.41) is 10.3. The van der Waals surface area contributed by atoms with Crippen LogP contribution in [0.25, 0.3) is 11.3 Å². The Morgan fingerprint density at radius 2 is 2.30 bits per heavy atom. The highest BCUT2D eigenvalue weighted by molar-refractivity contribution is 5.69. The summed E-state index contributed by atoms with van der Waals surface area (Å²) in [4.78, 5) is 4.18. The Morgan fingerprint density at radius 3 is 3.15 bits per heavy atom. The predicted molar refractivity (Wildman–Crippen MR) is 70.7 cm³/mol. The SMILES string of the molecule is O[C@@H]1CCOCC1C1c2cc(F)ccc2-c2cncn21. The van der Waals surface area contributed by atoms with Crippen molar-refractivity contribution in [2.24, 2.45) is 5.92 Å². The summed E-state index contributed by atoms with van der Waals surface area (Å²) >= 11 is 0. The predicted octanol–water partition coefficient (Wildman–Crippen LogP) is 1.99. The Morgan fingerprint density at radius 1 is 1.40 bits per heavy atom. The second-order valence-electron chi connectivity index (χ2n) is 5.46. The van der Waals surface area contributed by atoms with Gasteiger partial charge in [-0.05, 0) is 30.2 Å². The molecule has 20 heavy (non-hydrogen) atoms. The van der Waals surface area contributed by atoms with Gasteiger partial charge in [0.1, 0.15) is 5.82 Å². The number of halogens is 1. The summed E-state index contributed by atoms with van der Waals surface area (Å²) in [6, 6.07) is 4.71. The van der Waals surface area contributed by atoms with Crippen molar-refractivity contribution in [1.82, 2.24) is 9.55 Å². The molecular weight excluding hydrogens is 259 g/mol. The number of fused-ring (bicyclic) bond motifs is 3. The Kier molecular flexibility index (Phi) is 2.65. The zero-order valence-corrected chi connectivity index (χ0v) is 10.9. The number of aliphatic hydroxyl groups excluding tert-OH is 1. The average molecular weight is 274 g/mol. The zero-order valence-electron chi connectivity index (χ0n) is 10.9. The first kappa shape index (κ1) is 12.1. The van der Waals surface area contributed by atoms with E-state index in [2.05, 4.69) is 4.98 Å². The van der Waals surface area contributed by atoms with E-state index in [1.54, 1.807) is 24.7 Å². The standard InChI is InChI=1S/C15H15FN2O2/c16-9-1-2-10-11(5-9)15(18-8-17-6-13(10)18)12-7-20-4-3-14(12)19/h1-2,5-6,8,12,14-15,19H,3-4,7H2/t12?,14-,15?/m1/s1. The highest BCUT2D eigenvalue weighted by atomic mass is 19.1. The van der Waals surface area contributed by atoms with Crippen LogP contribution in [0.2, 0.25) is 0 Å². The van der Waals surface area contributed by atoms with E-state index in [-0.39, 0.29) is 17.8 Å². The minimum atomic E-state index is -0.432. The first-order valence-corrected chi connectivity index (χ1v) is 6.83. The second kappa shape index (κ2) is 4.40. The smallest absolute Gasteiger partial charge is 0.123 e. The fraction of sp³-hybridized carbons (Fsp3) is 0.400. The van der Waals surface area contributed by atoms with E-state index in [1.165, 1.54) is 6.07 Å². The number of hydrogen-bond acceptors (Lipinski definition) is 3. The quantitative estimate of drug-likeness (QED) is 0.865. The van der Waals surface area contributed by atoms with Crippen molar-refractivity contribution < 1.29 is 14.2 Å². The van der Waals surface area contributed by atoms with Gasteiger partial charge in [-0.3, -0.25) is 0 Å². The van der Waals surface area contributed by atoms with Crippen molar-refractivity contribution in [3.63, 3.8) is 0 Å². The molecule has 0 bridgehead atoms. The average Bonchev–Trinajstić information content (AvgIpc) is 3.00. The monoisotopic (exact) mass is 274 g/mol. The lowest BCUT2D eigenvalue weighted by Gasteiger charge is -2.33. The van der Waals surface area contributed by atoms with Gasteiger partial charge in [-0.2, -0.15) is 0 Å². The molecule has 1 N–H and O–H groups in total. The lowest BCUT2D eigenvalue weighted by molar-refractivity contribution is -0.0481. The molecule has 0 saturated carbocycles. The lowest BCUT2D eigenvalue weighted by Crippen LogP contribution is -2.37. The van der Waals surface area contributed by atoms with E-state index in [4.69, 9.17) is 4.74 Å². The van der Waals surface area contributed by atoms with Gasteiger partial charge in [0.25, 0.3) is 0 Å². The van der Waals surface area contributed by atoms with Crippen LogP contribution >= 0.6 is 0 Å². The van der Waals surface area contributed by atoms with Crippen molar-refractivity contribution in [3.8, 4) is 11.3 Å². The van der Waals surface area contributed by atoms with Crippen LogP contribution in [0, 0.1) is 11.7 Å². The highest BCUT2D eigenvalue weighted by Crippen LogP contribution is 2.45. The van der Waals surface area contributed by atoms with Crippen LogP contribution in [-0.2, 0) is 4.74 Å². The molecule has 0 spiro atoms. The Bertz CT molecular complexity index is 655. The third-order valence-corrected chi connectivity index (χ3v) is 4.34. The molecule has 4 rings (SSSR count). The van der Waals surface area contributed by atoms with Crippen molar-refractivity contribution in [1.29, 1.82) is 0 Å². The van der Waals surface area contributed by atoms with E-state index in [0.717, 1.165) is 16.8 Å².